The summed E-state index contributed by atoms with van der Waals surface area (Å²) in [6, 6.07) is 8.41. The molecule has 7 heteroatoms. The fourth-order valence-corrected chi connectivity index (χ4v) is 6.11. The Bertz CT molecular complexity index is 848. The molecular formula is C26H37N3O4. The molecule has 1 aromatic carbocycles. The number of imide groups is 1. The fourth-order valence-electron chi connectivity index (χ4n) is 6.11. The number of fused-ring (bicyclic) bond motifs is 1. The summed E-state index contributed by atoms with van der Waals surface area (Å²) in [5, 5.41) is 9.88. The molecule has 180 valence electrons. The molecule has 1 aromatic rings. The van der Waals surface area contributed by atoms with Crippen LogP contribution >= 0.6 is 0 Å². The number of rotatable bonds is 7. The lowest BCUT2D eigenvalue weighted by molar-refractivity contribution is -0.140. The number of amides is 2. The highest BCUT2D eigenvalue weighted by atomic mass is 16.5. The Labute approximate surface area is 196 Å². The summed E-state index contributed by atoms with van der Waals surface area (Å²) < 4.78 is 6.33. The molecule has 2 saturated carbocycles. The number of benzene rings is 1. The molecule has 3 atom stereocenters. The molecule has 1 N–H and O–H groups in total. The van der Waals surface area contributed by atoms with Gasteiger partial charge in [0.15, 0.2) is 0 Å². The third-order valence-electron chi connectivity index (χ3n) is 8.02. The monoisotopic (exact) mass is 455 g/mol. The second kappa shape index (κ2) is 10.0. The Morgan fingerprint density at radius 2 is 1.61 bits per heavy atom. The van der Waals surface area contributed by atoms with Gasteiger partial charge in [0.2, 0.25) is 11.8 Å². The first-order valence-electron chi connectivity index (χ1n) is 12.9. The van der Waals surface area contributed by atoms with Crippen molar-refractivity contribution in [1.29, 1.82) is 0 Å². The van der Waals surface area contributed by atoms with Crippen molar-refractivity contribution in [3.63, 3.8) is 0 Å². The number of anilines is 1. The van der Waals surface area contributed by atoms with Crippen LogP contribution in [0.5, 0.6) is 5.75 Å². The average Bonchev–Trinajstić information content (AvgIpc) is 3.42. The third-order valence-corrected chi connectivity index (χ3v) is 8.02. The van der Waals surface area contributed by atoms with Crippen molar-refractivity contribution in [1.82, 2.24) is 9.80 Å². The first-order valence-corrected chi connectivity index (χ1v) is 12.9. The summed E-state index contributed by atoms with van der Waals surface area (Å²) >= 11 is 0. The van der Waals surface area contributed by atoms with Crippen LogP contribution in [0.4, 0.5) is 5.69 Å². The van der Waals surface area contributed by atoms with Crippen molar-refractivity contribution in [2.75, 3.05) is 44.2 Å². The number of carbonyl (C=O) groups excluding carboxylic acids is 2. The molecule has 0 spiro atoms. The Hall–Kier alpha value is -2.12. The molecule has 0 aromatic heterocycles. The van der Waals surface area contributed by atoms with Gasteiger partial charge in [0.1, 0.15) is 5.75 Å². The van der Waals surface area contributed by atoms with E-state index in [0.29, 0.717) is 31.9 Å². The second-order valence-electron chi connectivity index (χ2n) is 10.2. The van der Waals surface area contributed by atoms with Crippen molar-refractivity contribution >= 4 is 17.5 Å². The highest BCUT2D eigenvalue weighted by molar-refractivity contribution is 6.05. The smallest absolute Gasteiger partial charge is 0.233 e. The number of nitrogens with zero attached hydrogens (tertiary/aromatic N) is 3. The number of aliphatic hydroxyl groups is 1. The zero-order chi connectivity index (χ0) is 22.8. The number of para-hydroxylation sites is 2. The quantitative estimate of drug-likeness (QED) is 0.638. The normalized spacial score (nSPS) is 29.1. The van der Waals surface area contributed by atoms with Crippen LogP contribution in [-0.2, 0) is 9.59 Å². The van der Waals surface area contributed by atoms with Gasteiger partial charge in [-0.25, -0.2) is 0 Å². The lowest BCUT2D eigenvalue weighted by Gasteiger charge is -2.37. The molecule has 0 bridgehead atoms. The minimum atomic E-state index is -0.437. The van der Waals surface area contributed by atoms with E-state index < -0.39 is 6.10 Å². The van der Waals surface area contributed by atoms with Crippen LogP contribution in [0.25, 0.3) is 0 Å². The molecule has 7 nitrogen and oxygen atoms in total. The number of ether oxygens (including phenoxy) is 1. The van der Waals surface area contributed by atoms with Gasteiger partial charge in [0.25, 0.3) is 0 Å². The lowest BCUT2D eigenvalue weighted by atomic mass is 9.80. The van der Waals surface area contributed by atoms with E-state index >= 15 is 0 Å². The number of piperazine rings is 1. The van der Waals surface area contributed by atoms with E-state index in [2.05, 4.69) is 34.1 Å². The van der Waals surface area contributed by atoms with Crippen LogP contribution in [0.15, 0.2) is 24.3 Å². The summed E-state index contributed by atoms with van der Waals surface area (Å²) in [7, 11) is 0. The van der Waals surface area contributed by atoms with Crippen LogP contribution < -0.4 is 9.64 Å². The van der Waals surface area contributed by atoms with Crippen LogP contribution in [-0.4, -0.2) is 78.2 Å². The van der Waals surface area contributed by atoms with Gasteiger partial charge >= 0.3 is 0 Å². The van der Waals surface area contributed by atoms with Crippen molar-refractivity contribution in [3.05, 3.63) is 24.3 Å². The van der Waals surface area contributed by atoms with Gasteiger partial charge in [-0.2, -0.15) is 0 Å². The Balaban J connectivity index is 1.09. The van der Waals surface area contributed by atoms with Gasteiger partial charge in [-0.15, -0.1) is 0 Å². The number of aliphatic hydroxyl groups excluding tert-OH is 1. The molecule has 2 aliphatic carbocycles. The van der Waals surface area contributed by atoms with Crippen molar-refractivity contribution < 1.29 is 19.4 Å². The first-order chi connectivity index (χ1) is 16.1. The zero-order valence-corrected chi connectivity index (χ0v) is 19.5. The van der Waals surface area contributed by atoms with E-state index in [0.717, 1.165) is 57.7 Å². The SMILES string of the molecule is O=C1C2CCC(O)CC2C(=O)N1CCCN1CCN(c2ccccc2OC2CCCC2)CC1. The number of hydrogen-bond donors (Lipinski definition) is 1. The Kier molecular flexibility index (Phi) is 6.88. The molecule has 0 radical (unpaired) electrons. The van der Waals surface area contributed by atoms with E-state index in [1.54, 1.807) is 0 Å². The van der Waals surface area contributed by atoms with Crippen molar-refractivity contribution in [2.45, 2.75) is 63.6 Å². The third kappa shape index (κ3) is 4.90. The first kappa shape index (κ1) is 22.7. The summed E-state index contributed by atoms with van der Waals surface area (Å²) in [5.74, 6) is 0.441. The fraction of sp³-hybridized carbons (Fsp3) is 0.692. The Morgan fingerprint density at radius 3 is 2.39 bits per heavy atom. The highest BCUT2D eigenvalue weighted by Crippen LogP contribution is 2.38. The molecule has 33 heavy (non-hydrogen) atoms. The van der Waals surface area contributed by atoms with Gasteiger partial charge in [-0.1, -0.05) is 12.1 Å². The topological polar surface area (TPSA) is 73.3 Å². The summed E-state index contributed by atoms with van der Waals surface area (Å²) in [5.41, 5.74) is 1.20. The molecule has 4 aliphatic rings. The number of carbonyl (C=O) groups is 2. The van der Waals surface area contributed by atoms with E-state index in [9.17, 15) is 14.7 Å². The van der Waals surface area contributed by atoms with Crippen LogP contribution in [0.3, 0.4) is 0 Å². The molecule has 5 rings (SSSR count). The molecule has 2 amide bonds. The van der Waals surface area contributed by atoms with Crippen LogP contribution in [0.1, 0.15) is 51.4 Å². The second-order valence-corrected chi connectivity index (χ2v) is 10.2. The lowest BCUT2D eigenvalue weighted by Crippen LogP contribution is -2.47. The van der Waals surface area contributed by atoms with E-state index in [1.807, 2.05) is 0 Å². The van der Waals surface area contributed by atoms with Gasteiger partial charge in [0, 0.05) is 32.7 Å². The van der Waals surface area contributed by atoms with Crippen molar-refractivity contribution in [3.8, 4) is 5.75 Å². The minimum Gasteiger partial charge on any atom is -0.488 e. The van der Waals surface area contributed by atoms with Crippen molar-refractivity contribution in [2.24, 2.45) is 11.8 Å². The largest absolute Gasteiger partial charge is 0.488 e. The standard InChI is InChI=1S/C26H37N3O4/c30-19-10-11-21-22(18-19)26(32)29(25(21)31)13-5-12-27-14-16-28(17-15-27)23-8-3-4-9-24(23)33-20-6-1-2-7-20/h3-4,8-9,19-22,30H,1-2,5-7,10-18H2. The summed E-state index contributed by atoms with van der Waals surface area (Å²) in [4.78, 5) is 31.7. The predicted octanol–water partition coefficient (Wildman–Crippen LogP) is 2.67. The molecule has 2 heterocycles. The maximum Gasteiger partial charge on any atom is 0.233 e. The molecule has 2 saturated heterocycles. The molecule has 4 fully saturated rings. The van der Waals surface area contributed by atoms with Crippen LogP contribution in [0.2, 0.25) is 0 Å². The van der Waals surface area contributed by atoms with Gasteiger partial charge < -0.3 is 14.7 Å². The maximum absolute atomic E-state index is 12.7. The number of hydrogen-bond acceptors (Lipinski definition) is 6. The predicted molar refractivity (Wildman–Crippen MR) is 126 cm³/mol. The van der Waals surface area contributed by atoms with E-state index in [-0.39, 0.29) is 23.7 Å². The maximum atomic E-state index is 12.7. The Morgan fingerprint density at radius 1 is 0.879 bits per heavy atom. The van der Waals surface area contributed by atoms with Gasteiger partial charge in [-0.05, 0) is 70.0 Å². The van der Waals surface area contributed by atoms with E-state index in [4.69, 9.17) is 4.74 Å². The average molecular weight is 456 g/mol. The van der Waals surface area contributed by atoms with Gasteiger partial charge in [0.05, 0.1) is 29.7 Å². The van der Waals surface area contributed by atoms with Crippen LogP contribution in [0, 0.1) is 11.8 Å². The molecule has 2 aliphatic heterocycles. The number of likely N-dealkylation sites (tertiary alicyclic amines) is 1. The molecular weight excluding hydrogens is 418 g/mol. The molecule has 3 unspecified atom stereocenters. The summed E-state index contributed by atoms with van der Waals surface area (Å²) in [6.45, 7) is 5.24. The highest BCUT2D eigenvalue weighted by Gasteiger charge is 2.49. The van der Waals surface area contributed by atoms with E-state index in [1.165, 1.54) is 23.4 Å². The summed E-state index contributed by atoms with van der Waals surface area (Å²) in [6.07, 6.45) is 7.29. The minimum absolute atomic E-state index is 0.0133. The van der Waals surface area contributed by atoms with Gasteiger partial charge in [-0.3, -0.25) is 19.4 Å². The zero-order valence-electron chi connectivity index (χ0n) is 19.5.